The van der Waals surface area contributed by atoms with E-state index in [0.29, 0.717) is 24.1 Å². The quantitative estimate of drug-likeness (QED) is 0.534. The average molecular weight is 274 g/mol. The fourth-order valence-electron chi connectivity index (χ4n) is 1.69. The van der Waals surface area contributed by atoms with Crippen molar-refractivity contribution in [1.82, 2.24) is 5.32 Å². The zero-order valence-corrected chi connectivity index (χ0v) is 11.4. The molecule has 5 nitrogen and oxygen atoms in total. The number of benzene rings is 1. The van der Waals surface area contributed by atoms with Crippen molar-refractivity contribution in [2.24, 2.45) is 5.73 Å². The molecule has 0 unspecified atom stereocenters. The number of aryl methyl sites for hydroxylation is 1. The molecule has 0 aliphatic heterocycles. The molecule has 0 bridgehead atoms. The van der Waals surface area contributed by atoms with Gasteiger partial charge in [0.1, 0.15) is 6.61 Å². The van der Waals surface area contributed by atoms with E-state index in [1.54, 1.807) is 12.1 Å². The molecule has 1 aromatic rings. The third kappa shape index (κ3) is 5.55. The van der Waals surface area contributed by atoms with E-state index >= 15 is 0 Å². The van der Waals surface area contributed by atoms with Gasteiger partial charge in [0.25, 0.3) is 5.91 Å². The van der Waals surface area contributed by atoms with Crippen LogP contribution in [-0.4, -0.2) is 30.1 Å². The van der Waals surface area contributed by atoms with Gasteiger partial charge in [-0.2, -0.15) is 0 Å². The lowest BCUT2D eigenvalue weighted by Gasteiger charge is -2.06. The molecule has 0 aromatic heterocycles. The van der Waals surface area contributed by atoms with E-state index in [-0.39, 0.29) is 24.8 Å². The van der Waals surface area contributed by atoms with Crippen LogP contribution in [0.4, 0.5) is 0 Å². The highest BCUT2D eigenvalue weighted by atomic mass is 16.2. The van der Waals surface area contributed by atoms with E-state index in [1.165, 1.54) is 0 Å². The second kappa shape index (κ2) is 7.97. The van der Waals surface area contributed by atoms with Crippen LogP contribution in [0.3, 0.4) is 0 Å². The molecule has 0 aliphatic carbocycles. The largest absolute Gasteiger partial charge is 0.384 e. The standard InChI is InChI=1S/C15H18N2O3/c1-11-8-12(4-3-7-18)10-13(9-11)15(20)17-6-2-5-14(16)19/h8-10,18H,2,5-7H2,1H3,(H2,16,19)(H,17,20). The first-order valence-electron chi connectivity index (χ1n) is 6.31. The van der Waals surface area contributed by atoms with Crippen LogP contribution in [0, 0.1) is 18.8 Å². The minimum atomic E-state index is -0.378. The highest BCUT2D eigenvalue weighted by Gasteiger charge is 2.06. The lowest BCUT2D eigenvalue weighted by atomic mass is 10.1. The Bertz CT molecular complexity index is 556. The molecule has 1 rings (SSSR count). The summed E-state index contributed by atoms with van der Waals surface area (Å²) in [5.41, 5.74) is 7.12. The van der Waals surface area contributed by atoms with Gasteiger partial charge in [-0.25, -0.2) is 0 Å². The van der Waals surface area contributed by atoms with E-state index in [4.69, 9.17) is 10.8 Å². The summed E-state index contributed by atoms with van der Waals surface area (Å²) in [4.78, 5) is 22.5. The molecular formula is C15H18N2O3. The van der Waals surface area contributed by atoms with Crippen LogP contribution in [0.25, 0.3) is 0 Å². The molecule has 5 heteroatoms. The molecule has 106 valence electrons. The number of carbonyl (C=O) groups excluding carboxylic acids is 2. The SMILES string of the molecule is Cc1cc(C#CCO)cc(C(=O)NCCCC(N)=O)c1. The highest BCUT2D eigenvalue weighted by molar-refractivity contribution is 5.94. The average Bonchev–Trinajstić information content (AvgIpc) is 2.40. The normalized spacial score (nSPS) is 9.50. The number of nitrogens with two attached hydrogens (primary N) is 1. The number of rotatable bonds is 5. The van der Waals surface area contributed by atoms with Crippen molar-refractivity contribution in [2.45, 2.75) is 19.8 Å². The van der Waals surface area contributed by atoms with Gasteiger partial charge < -0.3 is 16.2 Å². The number of hydrogen-bond acceptors (Lipinski definition) is 3. The topological polar surface area (TPSA) is 92.4 Å². The minimum Gasteiger partial charge on any atom is -0.384 e. The number of nitrogens with one attached hydrogen (secondary N) is 1. The van der Waals surface area contributed by atoms with Crippen molar-refractivity contribution in [2.75, 3.05) is 13.2 Å². The van der Waals surface area contributed by atoms with E-state index in [9.17, 15) is 9.59 Å². The third-order valence-corrected chi connectivity index (χ3v) is 2.54. The van der Waals surface area contributed by atoms with Crippen LogP contribution >= 0.6 is 0 Å². The number of aliphatic hydroxyl groups is 1. The fourth-order valence-corrected chi connectivity index (χ4v) is 1.69. The molecule has 0 saturated heterocycles. The van der Waals surface area contributed by atoms with Gasteiger partial charge in [-0.3, -0.25) is 9.59 Å². The molecule has 2 amide bonds. The molecule has 0 fully saturated rings. The lowest BCUT2D eigenvalue weighted by Crippen LogP contribution is -2.25. The van der Waals surface area contributed by atoms with Gasteiger partial charge >= 0.3 is 0 Å². The van der Waals surface area contributed by atoms with Crippen LogP contribution in [0.5, 0.6) is 0 Å². The monoisotopic (exact) mass is 274 g/mol. The first kappa shape index (κ1) is 15.7. The Morgan fingerprint density at radius 1 is 1.35 bits per heavy atom. The van der Waals surface area contributed by atoms with Crippen molar-refractivity contribution in [3.8, 4) is 11.8 Å². The molecule has 0 saturated carbocycles. The maximum absolute atomic E-state index is 11.9. The molecule has 0 atom stereocenters. The molecular weight excluding hydrogens is 256 g/mol. The van der Waals surface area contributed by atoms with E-state index in [1.807, 2.05) is 13.0 Å². The van der Waals surface area contributed by atoms with E-state index in [2.05, 4.69) is 17.2 Å². The van der Waals surface area contributed by atoms with Crippen molar-refractivity contribution < 1.29 is 14.7 Å². The van der Waals surface area contributed by atoms with Crippen LogP contribution < -0.4 is 11.1 Å². The summed E-state index contributed by atoms with van der Waals surface area (Å²) >= 11 is 0. The molecule has 1 aromatic carbocycles. The van der Waals surface area contributed by atoms with E-state index < -0.39 is 0 Å². The number of carbonyl (C=O) groups is 2. The Labute approximate surface area is 118 Å². The number of amides is 2. The maximum Gasteiger partial charge on any atom is 0.251 e. The third-order valence-electron chi connectivity index (χ3n) is 2.54. The summed E-state index contributed by atoms with van der Waals surface area (Å²) in [6.07, 6.45) is 0.769. The summed E-state index contributed by atoms with van der Waals surface area (Å²) in [6, 6.07) is 5.26. The van der Waals surface area contributed by atoms with Gasteiger partial charge in [-0.05, 0) is 37.1 Å². The second-order valence-corrected chi connectivity index (χ2v) is 4.37. The van der Waals surface area contributed by atoms with E-state index in [0.717, 1.165) is 5.56 Å². The minimum absolute atomic E-state index is 0.217. The van der Waals surface area contributed by atoms with Gasteiger partial charge in [0, 0.05) is 24.1 Å². The number of primary amides is 1. The lowest BCUT2D eigenvalue weighted by molar-refractivity contribution is -0.118. The first-order valence-corrected chi connectivity index (χ1v) is 6.31. The summed E-state index contributed by atoms with van der Waals surface area (Å²) in [5, 5.41) is 11.4. The van der Waals surface area contributed by atoms with Crippen LogP contribution in [0.15, 0.2) is 18.2 Å². The zero-order valence-electron chi connectivity index (χ0n) is 11.4. The Kier molecular flexibility index (Phi) is 6.27. The van der Waals surface area contributed by atoms with Crippen molar-refractivity contribution in [3.63, 3.8) is 0 Å². The molecule has 0 aliphatic rings. The van der Waals surface area contributed by atoms with Crippen LogP contribution in [0.2, 0.25) is 0 Å². The van der Waals surface area contributed by atoms with Crippen molar-refractivity contribution in [1.29, 1.82) is 0 Å². The highest BCUT2D eigenvalue weighted by Crippen LogP contribution is 2.09. The van der Waals surface area contributed by atoms with Gasteiger partial charge in [0.2, 0.25) is 5.91 Å². The van der Waals surface area contributed by atoms with Gasteiger partial charge in [0.15, 0.2) is 0 Å². The fraction of sp³-hybridized carbons (Fsp3) is 0.333. The summed E-state index contributed by atoms with van der Waals surface area (Å²) in [6.45, 7) is 2.05. The number of hydrogen-bond donors (Lipinski definition) is 3. The Hall–Kier alpha value is -2.32. The second-order valence-electron chi connectivity index (χ2n) is 4.37. The zero-order chi connectivity index (χ0) is 15.0. The Balaban J connectivity index is 2.67. The summed E-state index contributed by atoms with van der Waals surface area (Å²) in [5.74, 6) is 4.72. The van der Waals surface area contributed by atoms with Crippen molar-refractivity contribution >= 4 is 11.8 Å². The maximum atomic E-state index is 11.9. The van der Waals surface area contributed by atoms with Crippen molar-refractivity contribution in [3.05, 3.63) is 34.9 Å². The van der Waals surface area contributed by atoms with Crippen LogP contribution in [-0.2, 0) is 4.79 Å². The molecule has 20 heavy (non-hydrogen) atoms. The van der Waals surface area contributed by atoms with Gasteiger partial charge in [-0.15, -0.1) is 0 Å². The Morgan fingerprint density at radius 3 is 2.75 bits per heavy atom. The Morgan fingerprint density at radius 2 is 2.10 bits per heavy atom. The smallest absolute Gasteiger partial charge is 0.251 e. The molecule has 0 spiro atoms. The first-order chi connectivity index (χ1) is 9.52. The number of aliphatic hydroxyl groups excluding tert-OH is 1. The predicted octanol–water partition coefficient (Wildman–Crippen LogP) is 0.334. The predicted molar refractivity (Wildman–Crippen MR) is 75.9 cm³/mol. The summed E-state index contributed by atoms with van der Waals surface area (Å²) in [7, 11) is 0. The molecule has 4 N–H and O–H groups in total. The molecule has 0 heterocycles. The summed E-state index contributed by atoms with van der Waals surface area (Å²) < 4.78 is 0. The van der Waals surface area contributed by atoms with Gasteiger partial charge in [-0.1, -0.05) is 11.8 Å². The van der Waals surface area contributed by atoms with Gasteiger partial charge in [0.05, 0.1) is 0 Å². The van der Waals surface area contributed by atoms with Crippen LogP contribution in [0.1, 0.15) is 34.3 Å². The molecule has 0 radical (unpaired) electrons.